The smallest absolute Gasteiger partial charge is 0.132 e. The minimum absolute atomic E-state index is 0.195. The van der Waals surface area contributed by atoms with Crippen LogP contribution in [0.5, 0.6) is 5.75 Å². The largest absolute Gasteiger partial charge is 0.487 e. The van der Waals surface area contributed by atoms with Gasteiger partial charge in [-0.15, -0.1) is 0 Å². The summed E-state index contributed by atoms with van der Waals surface area (Å²) in [5, 5.41) is 4.55. The molecule has 2 atom stereocenters. The SMILES string of the molecule is CCC(C)n1ccc(COc2ccc3c(c2)CC[C@H]3N)n1. The predicted octanol–water partition coefficient (Wildman–Crippen LogP) is 3.38. The van der Waals surface area contributed by atoms with Crippen LogP contribution in [-0.2, 0) is 13.0 Å². The summed E-state index contributed by atoms with van der Waals surface area (Å²) in [7, 11) is 0. The molecule has 0 fully saturated rings. The molecular weight excluding hydrogens is 262 g/mol. The van der Waals surface area contributed by atoms with Gasteiger partial charge in [-0.05, 0) is 55.5 Å². The summed E-state index contributed by atoms with van der Waals surface area (Å²) in [6, 6.07) is 8.87. The Labute approximate surface area is 125 Å². The molecule has 1 heterocycles. The molecule has 1 aliphatic carbocycles. The van der Waals surface area contributed by atoms with Crippen LogP contribution in [0.4, 0.5) is 0 Å². The fourth-order valence-corrected chi connectivity index (χ4v) is 2.76. The van der Waals surface area contributed by atoms with Gasteiger partial charge in [0.2, 0.25) is 0 Å². The number of aromatic nitrogens is 2. The van der Waals surface area contributed by atoms with Crippen molar-refractivity contribution in [1.29, 1.82) is 0 Å². The molecule has 0 bridgehead atoms. The molecule has 0 saturated heterocycles. The quantitative estimate of drug-likeness (QED) is 0.916. The van der Waals surface area contributed by atoms with Crippen LogP contribution >= 0.6 is 0 Å². The van der Waals surface area contributed by atoms with Gasteiger partial charge in [0.25, 0.3) is 0 Å². The topological polar surface area (TPSA) is 53.1 Å². The van der Waals surface area contributed by atoms with Crippen molar-refractivity contribution < 1.29 is 4.74 Å². The maximum absolute atomic E-state index is 6.05. The predicted molar refractivity (Wildman–Crippen MR) is 83.3 cm³/mol. The molecule has 2 N–H and O–H groups in total. The molecule has 1 aliphatic rings. The number of hydrogen-bond donors (Lipinski definition) is 1. The summed E-state index contributed by atoms with van der Waals surface area (Å²) in [5.41, 5.74) is 9.61. The third-order valence-corrected chi connectivity index (χ3v) is 4.33. The number of fused-ring (bicyclic) bond motifs is 1. The Morgan fingerprint density at radius 2 is 2.29 bits per heavy atom. The highest BCUT2D eigenvalue weighted by Crippen LogP contribution is 2.32. The molecule has 4 heteroatoms. The van der Waals surface area contributed by atoms with Crippen LogP contribution in [0.1, 0.15) is 55.6 Å². The first kappa shape index (κ1) is 14.1. The van der Waals surface area contributed by atoms with Crippen molar-refractivity contribution in [1.82, 2.24) is 9.78 Å². The van der Waals surface area contributed by atoms with Gasteiger partial charge in [-0.2, -0.15) is 5.10 Å². The van der Waals surface area contributed by atoms with Crippen molar-refractivity contribution in [3.8, 4) is 5.75 Å². The van der Waals surface area contributed by atoms with Crippen LogP contribution < -0.4 is 10.5 Å². The van der Waals surface area contributed by atoms with Gasteiger partial charge < -0.3 is 10.5 Å². The Bertz CT molecular complexity index is 620. The lowest BCUT2D eigenvalue weighted by atomic mass is 10.1. The van der Waals surface area contributed by atoms with Gasteiger partial charge in [0.05, 0.1) is 5.69 Å². The average molecular weight is 285 g/mol. The number of nitrogens with two attached hydrogens (primary N) is 1. The Morgan fingerprint density at radius 3 is 3.10 bits per heavy atom. The van der Waals surface area contributed by atoms with Crippen molar-refractivity contribution >= 4 is 0 Å². The highest BCUT2D eigenvalue weighted by molar-refractivity contribution is 5.40. The normalized spacial score (nSPS) is 18.5. The maximum Gasteiger partial charge on any atom is 0.132 e. The average Bonchev–Trinajstić information content (AvgIpc) is 3.12. The first-order chi connectivity index (χ1) is 10.2. The third-order valence-electron chi connectivity index (χ3n) is 4.33. The summed E-state index contributed by atoms with van der Waals surface area (Å²) >= 11 is 0. The zero-order valence-electron chi connectivity index (χ0n) is 12.7. The number of benzene rings is 1. The molecule has 3 rings (SSSR count). The maximum atomic E-state index is 6.05. The van der Waals surface area contributed by atoms with E-state index in [0.29, 0.717) is 12.6 Å². The Kier molecular flexibility index (Phi) is 3.97. The van der Waals surface area contributed by atoms with E-state index >= 15 is 0 Å². The van der Waals surface area contributed by atoms with Crippen LogP contribution in [0.3, 0.4) is 0 Å². The number of rotatable bonds is 5. The van der Waals surface area contributed by atoms with Crippen molar-refractivity contribution in [2.24, 2.45) is 5.73 Å². The van der Waals surface area contributed by atoms with Gasteiger partial charge >= 0.3 is 0 Å². The summed E-state index contributed by atoms with van der Waals surface area (Å²) in [4.78, 5) is 0. The number of hydrogen-bond acceptors (Lipinski definition) is 3. The highest BCUT2D eigenvalue weighted by Gasteiger charge is 2.19. The van der Waals surface area contributed by atoms with Crippen LogP contribution in [0.25, 0.3) is 0 Å². The number of ether oxygens (including phenoxy) is 1. The van der Waals surface area contributed by atoms with E-state index in [0.717, 1.165) is 30.7 Å². The van der Waals surface area contributed by atoms with Crippen molar-refractivity contribution in [2.45, 2.75) is 51.8 Å². The standard InChI is InChI=1S/C17H23N3O/c1-3-12(2)20-9-8-14(19-20)11-21-15-5-6-16-13(10-15)4-7-17(16)18/h5-6,8-10,12,17H,3-4,7,11,18H2,1-2H3/t12?,17-/m1/s1. The monoisotopic (exact) mass is 285 g/mol. The Balaban J connectivity index is 1.64. The zero-order valence-corrected chi connectivity index (χ0v) is 12.7. The summed E-state index contributed by atoms with van der Waals surface area (Å²) in [5.74, 6) is 0.904. The van der Waals surface area contributed by atoms with E-state index in [-0.39, 0.29) is 6.04 Å². The molecule has 2 aromatic rings. The first-order valence-electron chi connectivity index (χ1n) is 7.72. The third kappa shape index (κ3) is 2.95. The van der Waals surface area contributed by atoms with Crippen molar-refractivity contribution in [3.63, 3.8) is 0 Å². The molecule has 112 valence electrons. The summed E-state index contributed by atoms with van der Waals surface area (Å²) < 4.78 is 7.86. The molecule has 0 radical (unpaired) electrons. The van der Waals surface area contributed by atoms with Gasteiger partial charge in [-0.1, -0.05) is 13.0 Å². The van der Waals surface area contributed by atoms with Crippen molar-refractivity contribution in [2.75, 3.05) is 0 Å². The molecule has 0 saturated carbocycles. The zero-order chi connectivity index (χ0) is 14.8. The van der Waals surface area contributed by atoms with Gasteiger partial charge in [0, 0.05) is 18.3 Å². The highest BCUT2D eigenvalue weighted by atomic mass is 16.5. The van der Waals surface area contributed by atoms with E-state index in [9.17, 15) is 0 Å². The van der Waals surface area contributed by atoms with E-state index in [1.165, 1.54) is 11.1 Å². The lowest BCUT2D eigenvalue weighted by molar-refractivity contribution is 0.298. The fraction of sp³-hybridized carbons (Fsp3) is 0.471. The van der Waals surface area contributed by atoms with Gasteiger partial charge in [-0.3, -0.25) is 4.68 Å². The van der Waals surface area contributed by atoms with Gasteiger partial charge in [0.1, 0.15) is 12.4 Å². The summed E-state index contributed by atoms with van der Waals surface area (Å²) in [6.45, 7) is 4.84. The van der Waals surface area contributed by atoms with Gasteiger partial charge in [-0.25, -0.2) is 0 Å². The van der Waals surface area contributed by atoms with E-state index in [2.05, 4.69) is 31.1 Å². The Hall–Kier alpha value is -1.81. The summed E-state index contributed by atoms with van der Waals surface area (Å²) in [6.07, 6.45) is 5.19. The lowest BCUT2D eigenvalue weighted by Gasteiger charge is -2.09. The second-order valence-corrected chi connectivity index (χ2v) is 5.84. The molecule has 1 unspecified atom stereocenters. The fourth-order valence-electron chi connectivity index (χ4n) is 2.76. The number of aryl methyl sites for hydroxylation is 1. The van der Waals surface area contributed by atoms with E-state index < -0.39 is 0 Å². The number of nitrogens with zero attached hydrogens (tertiary/aromatic N) is 2. The molecule has 0 spiro atoms. The van der Waals surface area contributed by atoms with Crippen LogP contribution in [-0.4, -0.2) is 9.78 Å². The minimum Gasteiger partial charge on any atom is -0.487 e. The molecule has 0 aliphatic heterocycles. The second kappa shape index (κ2) is 5.90. The molecular formula is C17H23N3O. The van der Waals surface area contributed by atoms with Crippen LogP contribution in [0, 0.1) is 0 Å². The second-order valence-electron chi connectivity index (χ2n) is 5.84. The van der Waals surface area contributed by atoms with E-state index in [4.69, 9.17) is 10.5 Å². The van der Waals surface area contributed by atoms with Crippen LogP contribution in [0.15, 0.2) is 30.5 Å². The lowest BCUT2D eigenvalue weighted by Crippen LogP contribution is -2.06. The van der Waals surface area contributed by atoms with Crippen LogP contribution in [0.2, 0.25) is 0 Å². The minimum atomic E-state index is 0.195. The van der Waals surface area contributed by atoms with E-state index in [1.807, 2.05) is 23.0 Å². The first-order valence-corrected chi connectivity index (χ1v) is 7.72. The molecule has 0 amide bonds. The molecule has 1 aromatic carbocycles. The molecule has 4 nitrogen and oxygen atoms in total. The van der Waals surface area contributed by atoms with Crippen molar-refractivity contribution in [3.05, 3.63) is 47.3 Å². The molecule has 21 heavy (non-hydrogen) atoms. The molecule has 1 aromatic heterocycles. The van der Waals surface area contributed by atoms with Gasteiger partial charge in [0.15, 0.2) is 0 Å². The van der Waals surface area contributed by atoms with E-state index in [1.54, 1.807) is 0 Å². The Morgan fingerprint density at radius 1 is 1.43 bits per heavy atom.